The van der Waals surface area contributed by atoms with E-state index in [2.05, 4.69) is 11.9 Å². The van der Waals surface area contributed by atoms with Crippen LogP contribution in [0.25, 0.3) is 0 Å². The number of methoxy groups -OCH3 is 1. The molecule has 0 aromatic heterocycles. The van der Waals surface area contributed by atoms with Crippen molar-refractivity contribution in [2.24, 2.45) is 0 Å². The lowest BCUT2D eigenvalue weighted by Crippen LogP contribution is -2.31. The van der Waals surface area contributed by atoms with Crippen molar-refractivity contribution in [3.63, 3.8) is 0 Å². The van der Waals surface area contributed by atoms with Gasteiger partial charge in [-0.1, -0.05) is 12.1 Å². The molecule has 4 heteroatoms. The number of hydrogen-bond acceptors (Lipinski definition) is 3. The molecule has 1 rings (SSSR count). The lowest BCUT2D eigenvalue weighted by atomic mass is 10.1. The second-order valence-electron chi connectivity index (χ2n) is 3.42. The third-order valence-corrected chi connectivity index (χ3v) is 2.22. The second-order valence-corrected chi connectivity index (χ2v) is 3.42. The molecular weight excluding hydrogens is 204 g/mol. The number of rotatable bonds is 4. The predicted molar refractivity (Wildman–Crippen MR) is 64.5 cm³/mol. The Labute approximate surface area is 95.1 Å². The fraction of sp³-hybridized carbons (Fsp3) is 0.250. The molecule has 0 heterocycles. The molecule has 1 unspecified atom stereocenters. The van der Waals surface area contributed by atoms with Crippen LogP contribution in [0.3, 0.4) is 0 Å². The van der Waals surface area contributed by atoms with Gasteiger partial charge in [-0.25, -0.2) is 0 Å². The molecule has 4 nitrogen and oxygen atoms in total. The van der Waals surface area contributed by atoms with E-state index >= 15 is 0 Å². The maximum Gasteiger partial charge on any atom is 0.257 e. The number of amides is 1. The topological polar surface area (TPSA) is 64.4 Å². The fourth-order valence-electron chi connectivity index (χ4n) is 1.30. The monoisotopic (exact) mass is 220 g/mol. The van der Waals surface area contributed by atoms with Crippen LogP contribution in [0, 0.1) is 0 Å². The van der Waals surface area contributed by atoms with Gasteiger partial charge >= 0.3 is 0 Å². The highest BCUT2D eigenvalue weighted by molar-refractivity contribution is 6.02. The Hall–Kier alpha value is -1.97. The molecular formula is C12H16N2O2. The second kappa shape index (κ2) is 5.21. The summed E-state index contributed by atoms with van der Waals surface area (Å²) in [5.41, 5.74) is 6.50. The molecule has 0 aliphatic carbocycles. The van der Waals surface area contributed by atoms with Gasteiger partial charge < -0.3 is 15.8 Å². The number of carbonyl (C=O) groups is 1. The smallest absolute Gasteiger partial charge is 0.257 e. The molecule has 86 valence electrons. The molecule has 0 bridgehead atoms. The average Bonchev–Trinajstić information content (AvgIpc) is 2.28. The highest BCUT2D eigenvalue weighted by atomic mass is 16.5. The first kappa shape index (κ1) is 12.1. The molecule has 16 heavy (non-hydrogen) atoms. The minimum atomic E-state index is -0.262. The molecule has 0 saturated heterocycles. The summed E-state index contributed by atoms with van der Waals surface area (Å²) in [6.07, 6.45) is 1.64. The van der Waals surface area contributed by atoms with E-state index in [0.717, 1.165) is 0 Å². The summed E-state index contributed by atoms with van der Waals surface area (Å²) in [7, 11) is 1.50. The molecule has 0 fully saturated rings. The Kier molecular flexibility index (Phi) is 3.94. The van der Waals surface area contributed by atoms with Gasteiger partial charge in [-0.2, -0.15) is 0 Å². The summed E-state index contributed by atoms with van der Waals surface area (Å²) < 4.78 is 5.10. The van der Waals surface area contributed by atoms with Gasteiger partial charge in [0.25, 0.3) is 5.91 Å². The first-order valence-corrected chi connectivity index (χ1v) is 4.96. The van der Waals surface area contributed by atoms with Crippen molar-refractivity contribution in [3.05, 3.63) is 36.4 Å². The fourth-order valence-corrected chi connectivity index (χ4v) is 1.30. The lowest BCUT2D eigenvalue weighted by Gasteiger charge is -2.13. The molecule has 0 spiro atoms. The van der Waals surface area contributed by atoms with E-state index in [1.54, 1.807) is 24.3 Å². The van der Waals surface area contributed by atoms with Gasteiger partial charge in [0.05, 0.1) is 7.11 Å². The number of carbonyl (C=O) groups excluding carboxylic acids is 1. The van der Waals surface area contributed by atoms with Crippen LogP contribution in [-0.4, -0.2) is 19.1 Å². The zero-order valence-electron chi connectivity index (χ0n) is 9.49. The van der Waals surface area contributed by atoms with Crippen LogP contribution in [0.5, 0.6) is 5.75 Å². The Morgan fingerprint density at radius 1 is 1.62 bits per heavy atom. The number of nitrogen functional groups attached to an aromatic ring is 1. The van der Waals surface area contributed by atoms with Gasteiger partial charge in [0.1, 0.15) is 11.3 Å². The molecule has 0 aliphatic rings. The SMILES string of the molecule is C=CC(C)NC(=O)c1c(N)cccc1OC. The van der Waals surface area contributed by atoms with Gasteiger partial charge in [0, 0.05) is 11.7 Å². The van der Waals surface area contributed by atoms with Crippen molar-refractivity contribution >= 4 is 11.6 Å². The highest BCUT2D eigenvalue weighted by Gasteiger charge is 2.16. The standard InChI is InChI=1S/C12H16N2O2/c1-4-8(2)14-12(15)11-9(13)6-5-7-10(11)16-3/h4-8H,1,13H2,2-3H3,(H,14,15). The molecule has 0 saturated carbocycles. The zero-order valence-corrected chi connectivity index (χ0v) is 9.49. The summed E-state index contributed by atoms with van der Waals surface area (Å²) in [5, 5.41) is 2.74. The average molecular weight is 220 g/mol. The molecule has 1 aromatic rings. The molecule has 0 aliphatic heterocycles. The van der Waals surface area contributed by atoms with E-state index in [1.165, 1.54) is 7.11 Å². The van der Waals surface area contributed by atoms with Crippen molar-refractivity contribution in [3.8, 4) is 5.75 Å². The molecule has 1 atom stereocenters. The minimum Gasteiger partial charge on any atom is -0.496 e. The number of hydrogen-bond donors (Lipinski definition) is 2. The number of nitrogens with two attached hydrogens (primary N) is 1. The van der Waals surface area contributed by atoms with E-state index in [0.29, 0.717) is 17.0 Å². The molecule has 3 N–H and O–H groups in total. The van der Waals surface area contributed by atoms with Crippen molar-refractivity contribution in [2.75, 3.05) is 12.8 Å². The van der Waals surface area contributed by atoms with Crippen LogP contribution in [-0.2, 0) is 0 Å². The Bertz CT molecular complexity index is 402. The van der Waals surface area contributed by atoms with E-state index in [9.17, 15) is 4.79 Å². The minimum absolute atomic E-state index is 0.114. The quantitative estimate of drug-likeness (QED) is 0.598. The summed E-state index contributed by atoms with van der Waals surface area (Å²) >= 11 is 0. The maximum absolute atomic E-state index is 11.9. The molecule has 1 aromatic carbocycles. The maximum atomic E-state index is 11.9. The first-order chi connectivity index (χ1) is 7.60. The van der Waals surface area contributed by atoms with Crippen molar-refractivity contribution in [1.82, 2.24) is 5.32 Å². The van der Waals surface area contributed by atoms with Crippen LogP contribution in [0.2, 0.25) is 0 Å². The lowest BCUT2D eigenvalue weighted by molar-refractivity contribution is 0.0945. The Morgan fingerprint density at radius 3 is 2.88 bits per heavy atom. The van der Waals surface area contributed by atoms with Gasteiger partial charge in [-0.3, -0.25) is 4.79 Å². The van der Waals surface area contributed by atoms with Crippen molar-refractivity contribution < 1.29 is 9.53 Å². The van der Waals surface area contributed by atoms with Crippen LogP contribution in [0.15, 0.2) is 30.9 Å². The normalized spacial score (nSPS) is 11.6. The van der Waals surface area contributed by atoms with Crippen LogP contribution in [0.1, 0.15) is 17.3 Å². The van der Waals surface area contributed by atoms with Crippen LogP contribution in [0.4, 0.5) is 5.69 Å². The van der Waals surface area contributed by atoms with Gasteiger partial charge in [-0.05, 0) is 19.1 Å². The number of anilines is 1. The van der Waals surface area contributed by atoms with E-state index in [1.807, 2.05) is 6.92 Å². The number of benzene rings is 1. The van der Waals surface area contributed by atoms with E-state index in [4.69, 9.17) is 10.5 Å². The van der Waals surface area contributed by atoms with Crippen LogP contribution >= 0.6 is 0 Å². The predicted octanol–water partition coefficient (Wildman–Crippen LogP) is 1.58. The zero-order chi connectivity index (χ0) is 12.1. The van der Waals surface area contributed by atoms with Gasteiger partial charge in [0.2, 0.25) is 0 Å². The van der Waals surface area contributed by atoms with E-state index in [-0.39, 0.29) is 11.9 Å². The third-order valence-electron chi connectivity index (χ3n) is 2.22. The van der Waals surface area contributed by atoms with Crippen molar-refractivity contribution in [2.45, 2.75) is 13.0 Å². The molecule has 0 radical (unpaired) electrons. The Morgan fingerprint density at radius 2 is 2.31 bits per heavy atom. The van der Waals surface area contributed by atoms with Crippen LogP contribution < -0.4 is 15.8 Å². The van der Waals surface area contributed by atoms with Gasteiger partial charge in [-0.15, -0.1) is 6.58 Å². The molecule has 1 amide bonds. The highest BCUT2D eigenvalue weighted by Crippen LogP contribution is 2.23. The summed E-state index contributed by atoms with van der Waals surface area (Å²) in [4.78, 5) is 11.9. The number of nitrogens with one attached hydrogen (secondary N) is 1. The Balaban J connectivity index is 3.02. The third kappa shape index (κ3) is 2.53. The summed E-state index contributed by atoms with van der Waals surface area (Å²) in [6.45, 7) is 5.42. The summed E-state index contributed by atoms with van der Waals surface area (Å²) in [5.74, 6) is 0.205. The van der Waals surface area contributed by atoms with E-state index < -0.39 is 0 Å². The summed E-state index contributed by atoms with van der Waals surface area (Å²) in [6, 6.07) is 4.98. The number of ether oxygens (including phenoxy) is 1. The largest absolute Gasteiger partial charge is 0.496 e. The van der Waals surface area contributed by atoms with Gasteiger partial charge in [0.15, 0.2) is 0 Å². The first-order valence-electron chi connectivity index (χ1n) is 4.96. The van der Waals surface area contributed by atoms with Crippen molar-refractivity contribution in [1.29, 1.82) is 0 Å².